The Morgan fingerprint density at radius 1 is 1.19 bits per heavy atom. The maximum Gasteiger partial charge on any atom is 0.240 e. The van der Waals surface area contributed by atoms with Crippen molar-refractivity contribution in [3.05, 3.63) is 30.1 Å². The third-order valence-corrected chi connectivity index (χ3v) is 4.71. The highest BCUT2D eigenvalue weighted by Gasteiger charge is 2.29. The Bertz CT molecular complexity index is 783. The van der Waals surface area contributed by atoms with Gasteiger partial charge in [0, 0.05) is 39.1 Å². The molecule has 27 heavy (non-hydrogen) atoms. The van der Waals surface area contributed by atoms with E-state index in [1.54, 1.807) is 7.11 Å². The van der Waals surface area contributed by atoms with E-state index in [0.717, 1.165) is 49.0 Å². The third-order valence-electron chi connectivity index (χ3n) is 4.71. The molecule has 7 nitrogen and oxygen atoms in total. The lowest BCUT2D eigenvalue weighted by Gasteiger charge is -2.10. The first-order chi connectivity index (χ1) is 13.2. The minimum absolute atomic E-state index is 0.0301. The van der Waals surface area contributed by atoms with Gasteiger partial charge in [-0.15, -0.1) is 0 Å². The van der Waals surface area contributed by atoms with Crippen LogP contribution in [0.1, 0.15) is 31.5 Å². The first-order valence-electron chi connectivity index (χ1n) is 9.66. The standard InChI is InChI=1S/C20H28N4O3/c1-27-13-5-12-21-19(25)14-24-17-7-3-2-6-16(17)23-18(24)8-4-11-22-20(26)15-9-10-15/h2-3,6-7,15H,4-5,8-14H2,1H3,(H,21,25)(H,22,26). The van der Waals surface area contributed by atoms with Crippen LogP contribution in [-0.2, 0) is 27.3 Å². The number of nitrogens with zero attached hydrogens (tertiary/aromatic N) is 2. The smallest absolute Gasteiger partial charge is 0.240 e. The van der Waals surface area contributed by atoms with E-state index in [1.165, 1.54) is 0 Å². The number of benzene rings is 1. The molecular weight excluding hydrogens is 344 g/mol. The lowest BCUT2D eigenvalue weighted by atomic mass is 10.2. The number of rotatable bonds is 11. The molecule has 0 unspecified atom stereocenters. The largest absolute Gasteiger partial charge is 0.385 e. The summed E-state index contributed by atoms with van der Waals surface area (Å²) in [6, 6.07) is 7.85. The number of aromatic nitrogens is 2. The van der Waals surface area contributed by atoms with Gasteiger partial charge in [0.25, 0.3) is 0 Å². The predicted octanol–water partition coefficient (Wildman–Crippen LogP) is 1.65. The maximum absolute atomic E-state index is 12.3. The van der Waals surface area contributed by atoms with Crippen LogP contribution >= 0.6 is 0 Å². The molecule has 1 heterocycles. The van der Waals surface area contributed by atoms with Gasteiger partial charge >= 0.3 is 0 Å². The number of ether oxygens (including phenoxy) is 1. The van der Waals surface area contributed by atoms with Crippen molar-refractivity contribution in [2.24, 2.45) is 5.92 Å². The molecule has 2 N–H and O–H groups in total. The molecule has 3 rings (SSSR count). The van der Waals surface area contributed by atoms with E-state index in [4.69, 9.17) is 4.74 Å². The molecule has 0 bridgehead atoms. The first kappa shape index (κ1) is 19.4. The fraction of sp³-hybridized carbons (Fsp3) is 0.550. The first-order valence-corrected chi connectivity index (χ1v) is 9.66. The Morgan fingerprint density at radius 2 is 1.96 bits per heavy atom. The van der Waals surface area contributed by atoms with Gasteiger partial charge in [-0.1, -0.05) is 12.1 Å². The van der Waals surface area contributed by atoms with Crippen molar-refractivity contribution < 1.29 is 14.3 Å². The molecule has 0 atom stereocenters. The average Bonchev–Trinajstić information content (AvgIpc) is 3.47. The van der Waals surface area contributed by atoms with Crippen LogP contribution in [0.15, 0.2) is 24.3 Å². The predicted molar refractivity (Wildman–Crippen MR) is 103 cm³/mol. The number of carbonyl (C=O) groups is 2. The molecule has 2 amide bonds. The highest BCUT2D eigenvalue weighted by atomic mass is 16.5. The van der Waals surface area contributed by atoms with Crippen LogP contribution in [0, 0.1) is 5.92 Å². The van der Waals surface area contributed by atoms with Crippen molar-refractivity contribution in [1.82, 2.24) is 20.2 Å². The van der Waals surface area contributed by atoms with Crippen molar-refractivity contribution in [2.45, 2.75) is 38.6 Å². The molecule has 0 aliphatic heterocycles. The molecule has 0 radical (unpaired) electrons. The van der Waals surface area contributed by atoms with Gasteiger partial charge in [0.15, 0.2) is 0 Å². The molecule has 1 aliphatic carbocycles. The molecule has 146 valence electrons. The minimum Gasteiger partial charge on any atom is -0.385 e. The normalized spacial score (nSPS) is 13.7. The van der Waals surface area contributed by atoms with Gasteiger partial charge in [-0.25, -0.2) is 4.98 Å². The highest BCUT2D eigenvalue weighted by Crippen LogP contribution is 2.28. The van der Waals surface area contributed by atoms with Gasteiger partial charge in [0.1, 0.15) is 12.4 Å². The van der Waals surface area contributed by atoms with E-state index in [2.05, 4.69) is 15.6 Å². The van der Waals surface area contributed by atoms with Gasteiger partial charge in [-0.3, -0.25) is 9.59 Å². The van der Waals surface area contributed by atoms with E-state index in [1.807, 2.05) is 28.8 Å². The lowest BCUT2D eigenvalue weighted by Crippen LogP contribution is -2.30. The monoisotopic (exact) mass is 372 g/mol. The summed E-state index contributed by atoms with van der Waals surface area (Å²) < 4.78 is 6.98. The zero-order valence-corrected chi connectivity index (χ0v) is 15.9. The number of para-hydroxylation sites is 2. The summed E-state index contributed by atoms with van der Waals surface area (Å²) in [7, 11) is 1.65. The van der Waals surface area contributed by atoms with Crippen LogP contribution in [0.4, 0.5) is 0 Å². The van der Waals surface area contributed by atoms with Gasteiger partial charge in [-0.2, -0.15) is 0 Å². The van der Waals surface area contributed by atoms with Gasteiger partial charge < -0.3 is 19.9 Å². The van der Waals surface area contributed by atoms with Crippen LogP contribution in [-0.4, -0.2) is 48.2 Å². The van der Waals surface area contributed by atoms with Crippen LogP contribution in [0.3, 0.4) is 0 Å². The number of imidazole rings is 1. The Morgan fingerprint density at radius 3 is 2.74 bits per heavy atom. The third kappa shape index (κ3) is 5.53. The maximum atomic E-state index is 12.3. The van der Waals surface area contributed by atoms with Crippen molar-refractivity contribution in [3.63, 3.8) is 0 Å². The summed E-state index contributed by atoms with van der Waals surface area (Å²) in [5.74, 6) is 1.25. The Hall–Kier alpha value is -2.41. The van der Waals surface area contributed by atoms with Crippen LogP contribution in [0.2, 0.25) is 0 Å². The summed E-state index contributed by atoms with van der Waals surface area (Å²) in [5, 5.41) is 5.91. The van der Waals surface area contributed by atoms with Crippen LogP contribution in [0.5, 0.6) is 0 Å². The van der Waals surface area contributed by atoms with Crippen molar-refractivity contribution in [3.8, 4) is 0 Å². The number of nitrogens with one attached hydrogen (secondary N) is 2. The Labute approximate surface area is 159 Å². The number of carbonyl (C=O) groups excluding carboxylic acids is 2. The molecule has 1 aromatic heterocycles. The number of amides is 2. The molecule has 1 aliphatic rings. The quantitative estimate of drug-likeness (QED) is 0.588. The van der Waals surface area contributed by atoms with Crippen molar-refractivity contribution in [1.29, 1.82) is 0 Å². The van der Waals surface area contributed by atoms with E-state index >= 15 is 0 Å². The van der Waals surface area contributed by atoms with Crippen LogP contribution in [0.25, 0.3) is 11.0 Å². The second-order valence-electron chi connectivity index (χ2n) is 6.97. The SMILES string of the molecule is COCCCNC(=O)Cn1c(CCCNC(=O)C2CC2)nc2ccccc21. The molecular formula is C20H28N4O3. The molecule has 7 heteroatoms. The van der Waals surface area contributed by atoms with E-state index < -0.39 is 0 Å². The summed E-state index contributed by atoms with van der Waals surface area (Å²) in [6.07, 6.45) is 4.34. The lowest BCUT2D eigenvalue weighted by molar-refractivity contribution is -0.122. The molecule has 2 aromatic rings. The zero-order chi connectivity index (χ0) is 19.1. The number of hydrogen-bond donors (Lipinski definition) is 2. The number of methoxy groups -OCH3 is 1. The summed E-state index contributed by atoms with van der Waals surface area (Å²) in [4.78, 5) is 28.7. The average molecular weight is 372 g/mol. The van der Waals surface area contributed by atoms with Gasteiger partial charge in [0.05, 0.1) is 11.0 Å². The summed E-state index contributed by atoms with van der Waals surface area (Å²) in [5.41, 5.74) is 1.85. The topological polar surface area (TPSA) is 85.2 Å². The Kier molecular flexibility index (Phi) is 6.81. The van der Waals surface area contributed by atoms with E-state index in [9.17, 15) is 9.59 Å². The van der Waals surface area contributed by atoms with Crippen molar-refractivity contribution in [2.75, 3.05) is 26.8 Å². The summed E-state index contributed by atoms with van der Waals surface area (Å²) >= 11 is 0. The second kappa shape index (κ2) is 9.50. The van der Waals surface area contributed by atoms with Crippen LogP contribution < -0.4 is 10.6 Å². The van der Waals surface area contributed by atoms with Crippen molar-refractivity contribution >= 4 is 22.8 Å². The molecule has 1 saturated carbocycles. The van der Waals surface area contributed by atoms with E-state index in [-0.39, 0.29) is 24.3 Å². The second-order valence-corrected chi connectivity index (χ2v) is 6.97. The number of aryl methyl sites for hydroxylation is 1. The highest BCUT2D eigenvalue weighted by molar-refractivity contribution is 5.81. The number of hydrogen-bond acceptors (Lipinski definition) is 4. The van der Waals surface area contributed by atoms with Gasteiger partial charge in [0.2, 0.25) is 11.8 Å². The number of fused-ring (bicyclic) bond motifs is 1. The van der Waals surface area contributed by atoms with E-state index in [0.29, 0.717) is 19.7 Å². The molecule has 1 fully saturated rings. The Balaban J connectivity index is 1.58. The minimum atomic E-state index is -0.0301. The fourth-order valence-electron chi connectivity index (χ4n) is 3.08. The molecule has 1 aromatic carbocycles. The van der Waals surface area contributed by atoms with Gasteiger partial charge in [-0.05, 0) is 37.8 Å². The molecule has 0 spiro atoms. The fourth-order valence-corrected chi connectivity index (χ4v) is 3.08. The zero-order valence-electron chi connectivity index (χ0n) is 15.9. The summed E-state index contributed by atoms with van der Waals surface area (Å²) in [6.45, 7) is 2.12. The molecule has 0 saturated heterocycles.